The van der Waals surface area contributed by atoms with Crippen LogP contribution < -0.4 is 10.6 Å². The van der Waals surface area contributed by atoms with Crippen LogP contribution >= 0.6 is 11.3 Å². The highest BCUT2D eigenvalue weighted by Gasteiger charge is 2.22. The van der Waals surface area contributed by atoms with Crippen molar-refractivity contribution in [2.45, 2.75) is 32.2 Å². The number of nitrogens with zero attached hydrogens (tertiary/aromatic N) is 1. The van der Waals surface area contributed by atoms with Crippen LogP contribution in [0.15, 0.2) is 47.1 Å². The number of nitriles is 1. The quantitative estimate of drug-likeness (QED) is 0.530. The van der Waals surface area contributed by atoms with E-state index in [0.717, 1.165) is 41.9 Å². The fraction of sp³-hybridized carbons (Fsp3) is 0.261. The van der Waals surface area contributed by atoms with Crippen LogP contribution in [-0.4, -0.2) is 18.5 Å². The number of rotatable bonds is 7. The van der Waals surface area contributed by atoms with Crippen molar-refractivity contribution >= 4 is 33.9 Å². The number of anilines is 2. The van der Waals surface area contributed by atoms with Gasteiger partial charge < -0.3 is 19.8 Å². The Morgan fingerprint density at radius 1 is 1.16 bits per heavy atom. The third-order valence-electron chi connectivity index (χ3n) is 5.05. The molecule has 3 aromatic rings. The number of thiophene rings is 1. The average molecular weight is 436 g/mol. The van der Waals surface area contributed by atoms with E-state index < -0.39 is 18.5 Å². The summed E-state index contributed by atoms with van der Waals surface area (Å²) in [5.41, 5.74) is 2.49. The van der Waals surface area contributed by atoms with Crippen LogP contribution in [0, 0.1) is 11.3 Å². The Labute approximate surface area is 183 Å². The van der Waals surface area contributed by atoms with E-state index in [0.29, 0.717) is 28.4 Å². The minimum Gasteiger partial charge on any atom is -0.467 e. The number of esters is 1. The van der Waals surface area contributed by atoms with Gasteiger partial charge in [0.1, 0.15) is 16.8 Å². The van der Waals surface area contributed by atoms with Gasteiger partial charge in [-0.15, -0.1) is 11.3 Å². The van der Waals surface area contributed by atoms with Gasteiger partial charge >= 0.3 is 5.97 Å². The number of amides is 1. The van der Waals surface area contributed by atoms with Crippen LogP contribution in [0.2, 0.25) is 0 Å². The molecule has 31 heavy (non-hydrogen) atoms. The molecule has 1 amide bonds. The van der Waals surface area contributed by atoms with E-state index in [-0.39, 0.29) is 0 Å². The van der Waals surface area contributed by atoms with E-state index >= 15 is 0 Å². The van der Waals surface area contributed by atoms with Crippen LogP contribution in [0.5, 0.6) is 0 Å². The van der Waals surface area contributed by atoms with Crippen LogP contribution in [0.1, 0.15) is 45.0 Å². The van der Waals surface area contributed by atoms with Gasteiger partial charge in [0, 0.05) is 10.6 Å². The maximum absolute atomic E-state index is 12.6. The second kappa shape index (κ2) is 9.49. The maximum atomic E-state index is 12.6. The SMILES string of the molecule is N#Cc1c(NC(=O)COC(=O)c2ccccc2NCc2ccco2)sc2c1CCCC2. The van der Waals surface area contributed by atoms with Crippen molar-refractivity contribution in [1.82, 2.24) is 0 Å². The predicted octanol–water partition coefficient (Wildman–Crippen LogP) is 4.50. The number of fused-ring (bicyclic) bond motifs is 1. The van der Waals surface area contributed by atoms with Crippen LogP contribution in [0.4, 0.5) is 10.7 Å². The molecule has 0 atom stereocenters. The molecule has 0 saturated heterocycles. The van der Waals surface area contributed by atoms with Gasteiger partial charge in [-0.1, -0.05) is 12.1 Å². The number of benzene rings is 1. The van der Waals surface area contributed by atoms with Gasteiger partial charge in [-0.2, -0.15) is 5.26 Å². The van der Waals surface area contributed by atoms with Crippen molar-refractivity contribution in [3.05, 3.63) is 70.0 Å². The summed E-state index contributed by atoms with van der Waals surface area (Å²) in [6, 6.07) is 12.7. The van der Waals surface area contributed by atoms with E-state index in [1.807, 2.05) is 6.07 Å². The summed E-state index contributed by atoms with van der Waals surface area (Å²) < 4.78 is 10.5. The van der Waals surface area contributed by atoms with Gasteiger partial charge in [-0.05, 0) is 55.5 Å². The molecule has 158 valence electrons. The molecule has 0 fully saturated rings. The molecule has 0 unspecified atom stereocenters. The first-order valence-corrected chi connectivity index (χ1v) is 10.8. The molecule has 4 rings (SSSR count). The van der Waals surface area contributed by atoms with Gasteiger partial charge in [-0.25, -0.2) is 4.79 Å². The molecule has 1 aliphatic carbocycles. The molecule has 2 aromatic heterocycles. The Morgan fingerprint density at radius 2 is 2.00 bits per heavy atom. The van der Waals surface area contributed by atoms with Gasteiger partial charge in [-0.3, -0.25) is 4.79 Å². The Kier molecular flexibility index (Phi) is 6.34. The van der Waals surface area contributed by atoms with Crippen molar-refractivity contribution in [2.75, 3.05) is 17.2 Å². The lowest BCUT2D eigenvalue weighted by Crippen LogP contribution is -2.21. The van der Waals surface area contributed by atoms with Gasteiger partial charge in [0.25, 0.3) is 5.91 Å². The number of carbonyl (C=O) groups is 2. The van der Waals surface area contributed by atoms with Crippen molar-refractivity contribution < 1.29 is 18.7 Å². The molecule has 8 heteroatoms. The van der Waals surface area contributed by atoms with Crippen molar-refractivity contribution in [1.29, 1.82) is 5.26 Å². The summed E-state index contributed by atoms with van der Waals surface area (Å²) in [6.45, 7) is -0.0173. The Morgan fingerprint density at radius 3 is 2.81 bits per heavy atom. The predicted molar refractivity (Wildman–Crippen MR) is 117 cm³/mol. The van der Waals surface area contributed by atoms with E-state index in [4.69, 9.17) is 9.15 Å². The zero-order chi connectivity index (χ0) is 21.6. The first-order chi connectivity index (χ1) is 15.2. The molecule has 2 heterocycles. The highest BCUT2D eigenvalue weighted by molar-refractivity contribution is 7.16. The lowest BCUT2D eigenvalue weighted by Gasteiger charge is -2.11. The smallest absolute Gasteiger partial charge is 0.340 e. The topological polar surface area (TPSA) is 104 Å². The number of aryl methyl sites for hydroxylation is 1. The van der Waals surface area contributed by atoms with Crippen molar-refractivity contribution in [3.8, 4) is 6.07 Å². The summed E-state index contributed by atoms with van der Waals surface area (Å²) in [6.07, 6.45) is 5.52. The third kappa shape index (κ3) is 4.78. The largest absolute Gasteiger partial charge is 0.467 e. The van der Waals surface area contributed by atoms with Crippen LogP contribution in [0.3, 0.4) is 0 Å². The first-order valence-electron chi connectivity index (χ1n) is 10.0. The second-order valence-electron chi connectivity index (χ2n) is 7.13. The molecule has 0 bridgehead atoms. The minimum absolute atomic E-state index is 0.325. The third-order valence-corrected chi connectivity index (χ3v) is 6.26. The average Bonchev–Trinajstić information content (AvgIpc) is 3.43. The van der Waals surface area contributed by atoms with Crippen LogP contribution in [0.25, 0.3) is 0 Å². The zero-order valence-corrected chi connectivity index (χ0v) is 17.6. The summed E-state index contributed by atoms with van der Waals surface area (Å²) in [5, 5.41) is 15.9. The zero-order valence-electron chi connectivity index (χ0n) is 16.8. The van der Waals surface area contributed by atoms with Crippen molar-refractivity contribution in [2.24, 2.45) is 0 Å². The summed E-state index contributed by atoms with van der Waals surface area (Å²) in [5.74, 6) is -0.345. The number of para-hydroxylation sites is 1. The summed E-state index contributed by atoms with van der Waals surface area (Å²) in [4.78, 5) is 26.1. The van der Waals surface area contributed by atoms with Gasteiger partial charge in [0.05, 0.1) is 23.9 Å². The van der Waals surface area contributed by atoms with Gasteiger partial charge in [0.15, 0.2) is 6.61 Å². The Bertz CT molecular complexity index is 1130. The number of hydrogen-bond acceptors (Lipinski definition) is 7. The lowest BCUT2D eigenvalue weighted by atomic mass is 9.96. The van der Waals surface area contributed by atoms with E-state index in [2.05, 4.69) is 16.7 Å². The number of nitrogens with one attached hydrogen (secondary N) is 2. The highest BCUT2D eigenvalue weighted by atomic mass is 32.1. The molecule has 0 saturated carbocycles. The molecule has 7 nitrogen and oxygen atoms in total. The molecule has 2 N–H and O–H groups in total. The number of furan rings is 1. The molecule has 0 spiro atoms. The molecule has 1 aliphatic rings. The molecular formula is C23H21N3O4S. The summed E-state index contributed by atoms with van der Waals surface area (Å²) >= 11 is 1.44. The maximum Gasteiger partial charge on any atom is 0.340 e. The second-order valence-corrected chi connectivity index (χ2v) is 8.23. The molecule has 0 radical (unpaired) electrons. The number of ether oxygens (including phenoxy) is 1. The minimum atomic E-state index is -0.608. The first kappa shape index (κ1) is 20.7. The summed E-state index contributed by atoms with van der Waals surface area (Å²) in [7, 11) is 0. The Balaban J connectivity index is 1.37. The van der Waals surface area contributed by atoms with E-state index in [1.54, 1.807) is 36.6 Å². The highest BCUT2D eigenvalue weighted by Crippen LogP contribution is 2.37. The fourth-order valence-electron chi connectivity index (χ4n) is 3.55. The molecular weight excluding hydrogens is 414 g/mol. The molecule has 0 aliphatic heterocycles. The monoisotopic (exact) mass is 435 g/mol. The normalized spacial score (nSPS) is 12.5. The van der Waals surface area contributed by atoms with Gasteiger partial charge in [0.2, 0.25) is 0 Å². The number of hydrogen-bond donors (Lipinski definition) is 2. The fourth-order valence-corrected chi connectivity index (χ4v) is 4.81. The number of carbonyl (C=O) groups excluding carboxylic acids is 2. The van der Waals surface area contributed by atoms with E-state index in [1.165, 1.54) is 11.3 Å². The van der Waals surface area contributed by atoms with Crippen LogP contribution in [-0.2, 0) is 28.9 Å². The molecule has 1 aromatic carbocycles. The lowest BCUT2D eigenvalue weighted by molar-refractivity contribution is -0.119. The standard InChI is InChI=1S/C23H21N3O4S/c24-12-18-16-7-2-4-10-20(16)31-22(18)26-21(27)14-30-23(28)17-8-1-3-9-19(17)25-13-15-6-5-11-29-15/h1,3,5-6,8-9,11,25H,2,4,7,10,13-14H2,(H,26,27). The Hall–Kier alpha value is -3.57. The van der Waals surface area contributed by atoms with Crippen molar-refractivity contribution in [3.63, 3.8) is 0 Å². The van der Waals surface area contributed by atoms with E-state index in [9.17, 15) is 14.9 Å².